The van der Waals surface area contributed by atoms with Gasteiger partial charge in [0, 0.05) is 6.04 Å². The molecule has 1 N–H and O–H groups in total. The zero-order valence-electron chi connectivity index (χ0n) is 8.80. The molecule has 0 heterocycles. The second-order valence-electron chi connectivity index (χ2n) is 3.14. The molecule has 0 bridgehead atoms. The van der Waals surface area contributed by atoms with Crippen molar-refractivity contribution < 1.29 is 4.74 Å². The van der Waals surface area contributed by atoms with Gasteiger partial charge in [-0.15, -0.1) is 0 Å². The maximum absolute atomic E-state index is 5.18. The second kappa shape index (κ2) is 5.37. The molecule has 0 aromatic heterocycles. The van der Waals surface area contributed by atoms with E-state index in [-0.39, 0.29) is 0 Å². The molecule has 1 atom stereocenters. The molecule has 3 heteroatoms. The maximum Gasteiger partial charge on any atom is 0.133 e. The molecule has 0 saturated carbocycles. The van der Waals surface area contributed by atoms with Gasteiger partial charge in [-0.2, -0.15) is 0 Å². The molecule has 0 aliphatic carbocycles. The van der Waals surface area contributed by atoms with Crippen LogP contribution in [0.3, 0.4) is 0 Å². The maximum atomic E-state index is 5.18. The molecular formula is C11H16BrNO. The fraction of sp³-hybridized carbons (Fsp3) is 0.455. The molecular weight excluding hydrogens is 242 g/mol. The van der Waals surface area contributed by atoms with Crippen molar-refractivity contribution in [3.63, 3.8) is 0 Å². The summed E-state index contributed by atoms with van der Waals surface area (Å²) in [5, 5.41) is 3.27. The summed E-state index contributed by atoms with van der Waals surface area (Å²) in [5.41, 5.74) is 1.28. The zero-order valence-corrected chi connectivity index (χ0v) is 10.4. The number of hydrogen-bond acceptors (Lipinski definition) is 2. The van der Waals surface area contributed by atoms with E-state index < -0.39 is 0 Å². The van der Waals surface area contributed by atoms with Crippen molar-refractivity contribution in [1.29, 1.82) is 0 Å². The number of ether oxygens (including phenoxy) is 1. The SMILES string of the molecule is CCC(NC)c1ccc(OC)c(Br)c1. The van der Waals surface area contributed by atoms with E-state index in [0.717, 1.165) is 16.6 Å². The molecule has 0 spiro atoms. The Balaban J connectivity index is 2.95. The van der Waals surface area contributed by atoms with E-state index in [1.54, 1.807) is 7.11 Å². The standard InChI is InChI=1S/C11H16BrNO/c1-4-10(13-2)8-5-6-11(14-3)9(12)7-8/h5-7,10,13H,4H2,1-3H3. The Labute approximate surface area is 93.8 Å². The zero-order chi connectivity index (χ0) is 10.6. The van der Waals surface area contributed by atoms with E-state index in [1.165, 1.54) is 5.56 Å². The molecule has 2 nitrogen and oxygen atoms in total. The fourth-order valence-electron chi connectivity index (χ4n) is 1.51. The lowest BCUT2D eigenvalue weighted by Gasteiger charge is -2.15. The smallest absolute Gasteiger partial charge is 0.133 e. The predicted octanol–water partition coefficient (Wildman–Crippen LogP) is 3.13. The van der Waals surface area contributed by atoms with Crippen LogP contribution in [0.25, 0.3) is 0 Å². The van der Waals surface area contributed by atoms with Crippen LogP contribution in [0, 0.1) is 0 Å². The average molecular weight is 258 g/mol. The number of rotatable bonds is 4. The van der Waals surface area contributed by atoms with E-state index in [4.69, 9.17) is 4.74 Å². The van der Waals surface area contributed by atoms with Crippen molar-refractivity contribution in [2.45, 2.75) is 19.4 Å². The van der Waals surface area contributed by atoms with Crippen molar-refractivity contribution >= 4 is 15.9 Å². The summed E-state index contributed by atoms with van der Waals surface area (Å²) in [7, 11) is 3.65. The lowest BCUT2D eigenvalue weighted by atomic mass is 10.0. The number of methoxy groups -OCH3 is 1. The van der Waals surface area contributed by atoms with Gasteiger partial charge in [-0.05, 0) is 47.1 Å². The Hall–Kier alpha value is -0.540. The van der Waals surface area contributed by atoms with Crippen LogP contribution in [0.2, 0.25) is 0 Å². The third-order valence-electron chi connectivity index (χ3n) is 2.33. The Morgan fingerprint density at radius 1 is 1.50 bits per heavy atom. The van der Waals surface area contributed by atoms with Gasteiger partial charge in [0.05, 0.1) is 11.6 Å². The van der Waals surface area contributed by atoms with Crippen molar-refractivity contribution in [3.05, 3.63) is 28.2 Å². The predicted molar refractivity (Wildman–Crippen MR) is 62.8 cm³/mol. The molecule has 0 aliphatic heterocycles. The quantitative estimate of drug-likeness (QED) is 0.895. The molecule has 0 fully saturated rings. The van der Waals surface area contributed by atoms with Crippen LogP contribution in [-0.4, -0.2) is 14.2 Å². The van der Waals surface area contributed by atoms with E-state index in [0.29, 0.717) is 6.04 Å². The third kappa shape index (κ3) is 2.49. The van der Waals surface area contributed by atoms with Crippen LogP contribution in [0.15, 0.2) is 22.7 Å². The van der Waals surface area contributed by atoms with Gasteiger partial charge in [0.2, 0.25) is 0 Å². The third-order valence-corrected chi connectivity index (χ3v) is 2.95. The normalized spacial score (nSPS) is 12.6. The Morgan fingerprint density at radius 3 is 2.64 bits per heavy atom. The molecule has 0 amide bonds. The summed E-state index contributed by atoms with van der Waals surface area (Å²) in [6.07, 6.45) is 1.08. The average Bonchev–Trinajstić information content (AvgIpc) is 2.20. The summed E-state index contributed by atoms with van der Waals surface area (Å²) >= 11 is 3.48. The largest absolute Gasteiger partial charge is 0.496 e. The van der Waals surface area contributed by atoms with E-state index in [1.807, 2.05) is 13.1 Å². The van der Waals surface area contributed by atoms with Crippen molar-refractivity contribution in [2.24, 2.45) is 0 Å². The van der Waals surface area contributed by atoms with E-state index >= 15 is 0 Å². The topological polar surface area (TPSA) is 21.3 Å². The summed E-state index contributed by atoms with van der Waals surface area (Å²) in [6, 6.07) is 6.59. The van der Waals surface area contributed by atoms with Gasteiger partial charge in [-0.3, -0.25) is 0 Å². The first kappa shape index (κ1) is 11.5. The molecule has 14 heavy (non-hydrogen) atoms. The second-order valence-corrected chi connectivity index (χ2v) is 4.00. The first-order valence-corrected chi connectivity index (χ1v) is 5.53. The minimum atomic E-state index is 0.414. The lowest BCUT2D eigenvalue weighted by Crippen LogP contribution is -2.15. The van der Waals surface area contributed by atoms with Crippen LogP contribution in [0.1, 0.15) is 24.9 Å². The van der Waals surface area contributed by atoms with Crippen molar-refractivity contribution in [1.82, 2.24) is 5.32 Å². The van der Waals surface area contributed by atoms with Crippen LogP contribution in [-0.2, 0) is 0 Å². The number of nitrogens with one attached hydrogen (secondary N) is 1. The first-order chi connectivity index (χ1) is 6.72. The van der Waals surface area contributed by atoms with Crippen LogP contribution in [0.4, 0.5) is 0 Å². The highest BCUT2D eigenvalue weighted by atomic mass is 79.9. The number of hydrogen-bond donors (Lipinski definition) is 1. The summed E-state index contributed by atoms with van der Waals surface area (Å²) in [6.45, 7) is 2.17. The number of halogens is 1. The molecule has 1 unspecified atom stereocenters. The van der Waals surface area contributed by atoms with Crippen LogP contribution >= 0.6 is 15.9 Å². The van der Waals surface area contributed by atoms with Crippen LogP contribution in [0.5, 0.6) is 5.75 Å². The Kier molecular flexibility index (Phi) is 4.42. The minimum Gasteiger partial charge on any atom is -0.496 e. The Morgan fingerprint density at radius 2 is 2.21 bits per heavy atom. The fourth-order valence-corrected chi connectivity index (χ4v) is 2.06. The molecule has 78 valence electrons. The number of benzene rings is 1. The van der Waals surface area contributed by atoms with Gasteiger partial charge in [0.25, 0.3) is 0 Å². The van der Waals surface area contributed by atoms with Gasteiger partial charge in [0.15, 0.2) is 0 Å². The first-order valence-electron chi connectivity index (χ1n) is 4.73. The highest BCUT2D eigenvalue weighted by Crippen LogP contribution is 2.28. The summed E-state index contributed by atoms with van der Waals surface area (Å²) in [4.78, 5) is 0. The van der Waals surface area contributed by atoms with Gasteiger partial charge in [-0.1, -0.05) is 13.0 Å². The molecule has 1 rings (SSSR count). The summed E-state index contributed by atoms with van der Waals surface area (Å²) < 4.78 is 6.19. The minimum absolute atomic E-state index is 0.414. The van der Waals surface area contributed by atoms with Gasteiger partial charge in [-0.25, -0.2) is 0 Å². The molecule has 1 aromatic carbocycles. The highest BCUT2D eigenvalue weighted by molar-refractivity contribution is 9.10. The lowest BCUT2D eigenvalue weighted by molar-refractivity contribution is 0.411. The molecule has 0 radical (unpaired) electrons. The summed E-state index contributed by atoms with van der Waals surface area (Å²) in [5.74, 6) is 0.875. The molecule has 1 aromatic rings. The van der Waals surface area contributed by atoms with Gasteiger partial charge in [0.1, 0.15) is 5.75 Å². The van der Waals surface area contributed by atoms with Crippen LogP contribution < -0.4 is 10.1 Å². The molecule has 0 aliphatic rings. The highest BCUT2D eigenvalue weighted by Gasteiger charge is 2.08. The monoisotopic (exact) mass is 257 g/mol. The van der Waals surface area contributed by atoms with E-state index in [9.17, 15) is 0 Å². The van der Waals surface area contributed by atoms with Gasteiger partial charge >= 0.3 is 0 Å². The molecule has 0 saturated heterocycles. The van der Waals surface area contributed by atoms with Gasteiger partial charge < -0.3 is 10.1 Å². The van der Waals surface area contributed by atoms with Crippen molar-refractivity contribution in [2.75, 3.05) is 14.2 Å². The van der Waals surface area contributed by atoms with E-state index in [2.05, 4.69) is 40.3 Å². The Bertz CT molecular complexity index is 297. The van der Waals surface area contributed by atoms with Crippen molar-refractivity contribution in [3.8, 4) is 5.75 Å².